The molecule has 200 valence electrons. The number of aliphatic carboxylic acids is 1. The van der Waals surface area contributed by atoms with Crippen molar-refractivity contribution in [3.8, 4) is 0 Å². The van der Waals surface area contributed by atoms with Crippen molar-refractivity contribution in [2.24, 2.45) is 17.4 Å². The molecule has 0 aromatic heterocycles. The number of nitrogens with zero attached hydrogens (tertiary/aromatic N) is 1. The van der Waals surface area contributed by atoms with Crippen LogP contribution in [0.1, 0.15) is 57.9 Å². The summed E-state index contributed by atoms with van der Waals surface area (Å²) < 4.78 is 0. The average molecular weight is 504 g/mol. The van der Waals surface area contributed by atoms with Gasteiger partial charge in [0.25, 0.3) is 0 Å². The van der Waals surface area contributed by atoms with Gasteiger partial charge in [-0.25, -0.2) is 4.79 Å². The molecule has 10 nitrogen and oxygen atoms in total. The lowest BCUT2D eigenvalue weighted by Gasteiger charge is -2.29. The highest BCUT2D eigenvalue weighted by Crippen LogP contribution is 2.20. The monoisotopic (exact) mass is 503 g/mol. The zero-order valence-corrected chi connectivity index (χ0v) is 21.3. The Morgan fingerprint density at radius 3 is 2.33 bits per heavy atom. The first-order valence-corrected chi connectivity index (χ1v) is 12.8. The van der Waals surface area contributed by atoms with E-state index in [1.807, 2.05) is 44.2 Å². The maximum atomic E-state index is 13.3. The summed E-state index contributed by atoms with van der Waals surface area (Å²) in [7, 11) is 0. The zero-order valence-electron chi connectivity index (χ0n) is 21.3. The van der Waals surface area contributed by atoms with E-state index in [0.717, 1.165) is 5.56 Å². The van der Waals surface area contributed by atoms with E-state index in [4.69, 9.17) is 11.5 Å². The molecule has 4 unspecified atom stereocenters. The van der Waals surface area contributed by atoms with E-state index in [0.29, 0.717) is 58.0 Å². The Morgan fingerprint density at radius 2 is 1.72 bits per heavy atom. The lowest BCUT2D eigenvalue weighted by Crippen LogP contribution is -2.57. The maximum absolute atomic E-state index is 13.3. The largest absolute Gasteiger partial charge is 0.480 e. The molecule has 3 amide bonds. The molecule has 0 aliphatic carbocycles. The van der Waals surface area contributed by atoms with Crippen molar-refractivity contribution in [1.82, 2.24) is 15.5 Å². The Morgan fingerprint density at radius 1 is 1.06 bits per heavy atom. The molecule has 1 fully saturated rings. The number of carboxylic acid groups (broad SMARTS) is 1. The molecule has 1 aliphatic rings. The lowest BCUT2D eigenvalue weighted by atomic mass is 10.00. The topological polar surface area (TPSA) is 168 Å². The van der Waals surface area contributed by atoms with E-state index in [1.54, 1.807) is 0 Å². The van der Waals surface area contributed by atoms with Crippen LogP contribution in [0.5, 0.6) is 0 Å². The van der Waals surface area contributed by atoms with Gasteiger partial charge in [-0.05, 0) is 63.0 Å². The Bertz CT molecular complexity index is 879. The SMILES string of the molecule is CC(C)CC(NC(=O)C(N)Cc1ccccc1)C(=O)NC(CCCCN)C(=O)N1CCCC1C(=O)O. The summed E-state index contributed by atoms with van der Waals surface area (Å²) in [6.45, 7) is 4.64. The summed E-state index contributed by atoms with van der Waals surface area (Å²) in [5, 5.41) is 15.1. The fourth-order valence-corrected chi connectivity index (χ4v) is 4.45. The normalized spacial score (nSPS) is 17.9. The molecule has 0 spiro atoms. The molecular weight excluding hydrogens is 462 g/mol. The molecule has 0 bridgehead atoms. The summed E-state index contributed by atoms with van der Waals surface area (Å²) in [5.74, 6) is -2.31. The van der Waals surface area contributed by atoms with Crippen LogP contribution in [-0.4, -0.2) is 71.0 Å². The fraction of sp³-hybridized carbons (Fsp3) is 0.615. The van der Waals surface area contributed by atoms with Gasteiger partial charge in [-0.2, -0.15) is 0 Å². The zero-order chi connectivity index (χ0) is 26.7. The minimum Gasteiger partial charge on any atom is -0.480 e. The predicted molar refractivity (Wildman–Crippen MR) is 137 cm³/mol. The Labute approximate surface area is 213 Å². The van der Waals surface area contributed by atoms with Crippen LogP contribution in [0.4, 0.5) is 0 Å². The number of nitrogens with two attached hydrogens (primary N) is 2. The number of nitrogens with one attached hydrogen (secondary N) is 2. The molecule has 36 heavy (non-hydrogen) atoms. The van der Waals surface area contributed by atoms with Gasteiger partial charge in [0.1, 0.15) is 18.1 Å². The van der Waals surface area contributed by atoms with E-state index in [2.05, 4.69) is 10.6 Å². The lowest BCUT2D eigenvalue weighted by molar-refractivity contribution is -0.149. The number of carboxylic acids is 1. The van der Waals surface area contributed by atoms with E-state index in [9.17, 15) is 24.3 Å². The number of unbranched alkanes of at least 4 members (excludes halogenated alkanes) is 1. The summed E-state index contributed by atoms with van der Waals surface area (Å²) in [4.78, 5) is 52.3. The van der Waals surface area contributed by atoms with Crippen LogP contribution in [0, 0.1) is 5.92 Å². The highest BCUT2D eigenvalue weighted by molar-refractivity contribution is 5.94. The predicted octanol–water partition coefficient (Wildman–Crippen LogP) is 0.777. The quantitative estimate of drug-likeness (QED) is 0.234. The van der Waals surface area contributed by atoms with Crippen LogP contribution in [0.2, 0.25) is 0 Å². The van der Waals surface area contributed by atoms with E-state index >= 15 is 0 Å². The second-order valence-corrected chi connectivity index (χ2v) is 9.86. The van der Waals surface area contributed by atoms with Crippen molar-refractivity contribution in [2.75, 3.05) is 13.1 Å². The van der Waals surface area contributed by atoms with Crippen LogP contribution >= 0.6 is 0 Å². The molecule has 4 atom stereocenters. The highest BCUT2D eigenvalue weighted by atomic mass is 16.4. The number of benzene rings is 1. The molecule has 1 aliphatic heterocycles. The molecule has 1 aromatic carbocycles. The van der Waals surface area contributed by atoms with Gasteiger partial charge in [-0.15, -0.1) is 0 Å². The summed E-state index contributed by atoms with van der Waals surface area (Å²) in [6, 6.07) is 5.87. The molecule has 0 saturated carbocycles. The third kappa shape index (κ3) is 8.91. The van der Waals surface area contributed by atoms with Gasteiger partial charge in [0, 0.05) is 6.54 Å². The number of amides is 3. The van der Waals surface area contributed by atoms with Gasteiger partial charge in [0.05, 0.1) is 6.04 Å². The van der Waals surface area contributed by atoms with Gasteiger partial charge in [0.2, 0.25) is 17.7 Å². The Kier molecular flexibility index (Phi) is 11.8. The van der Waals surface area contributed by atoms with Crippen molar-refractivity contribution in [3.63, 3.8) is 0 Å². The maximum Gasteiger partial charge on any atom is 0.326 e. The third-order valence-corrected chi connectivity index (χ3v) is 6.36. The fourth-order valence-electron chi connectivity index (χ4n) is 4.45. The minimum absolute atomic E-state index is 0.0905. The summed E-state index contributed by atoms with van der Waals surface area (Å²) in [6.07, 6.45) is 3.27. The van der Waals surface area contributed by atoms with Gasteiger partial charge in [-0.3, -0.25) is 14.4 Å². The number of carbonyl (C=O) groups excluding carboxylic acids is 3. The minimum atomic E-state index is -1.05. The Hall–Kier alpha value is -2.98. The molecular formula is C26H41N5O5. The van der Waals surface area contributed by atoms with E-state index in [-0.39, 0.29) is 5.92 Å². The van der Waals surface area contributed by atoms with Crippen molar-refractivity contribution in [3.05, 3.63) is 35.9 Å². The number of carbonyl (C=O) groups is 4. The van der Waals surface area contributed by atoms with Gasteiger partial charge >= 0.3 is 5.97 Å². The van der Waals surface area contributed by atoms with Crippen LogP contribution < -0.4 is 22.1 Å². The smallest absolute Gasteiger partial charge is 0.326 e. The highest BCUT2D eigenvalue weighted by Gasteiger charge is 2.38. The van der Waals surface area contributed by atoms with Crippen molar-refractivity contribution in [1.29, 1.82) is 0 Å². The molecule has 2 rings (SSSR count). The number of rotatable bonds is 14. The van der Waals surface area contributed by atoms with Crippen LogP contribution in [-0.2, 0) is 25.6 Å². The van der Waals surface area contributed by atoms with Gasteiger partial charge in [0.15, 0.2) is 0 Å². The number of hydrogen-bond acceptors (Lipinski definition) is 6. The first-order valence-electron chi connectivity index (χ1n) is 12.8. The van der Waals surface area contributed by atoms with E-state index in [1.165, 1.54) is 4.90 Å². The molecule has 1 aromatic rings. The van der Waals surface area contributed by atoms with Crippen LogP contribution in [0.15, 0.2) is 30.3 Å². The number of hydrogen-bond donors (Lipinski definition) is 5. The molecule has 0 radical (unpaired) electrons. The van der Waals surface area contributed by atoms with Crippen molar-refractivity contribution < 1.29 is 24.3 Å². The standard InChI is InChI=1S/C26H41N5O5/c1-17(2)15-21(30-23(32)19(28)16-18-9-4-3-5-10-18)24(33)29-20(11-6-7-13-27)25(34)31-14-8-12-22(31)26(35)36/h3-5,9-10,17,19-22H,6-8,11-16,27-28H2,1-2H3,(H,29,33)(H,30,32)(H,35,36). The molecule has 7 N–H and O–H groups in total. The molecule has 10 heteroatoms. The first kappa shape index (κ1) is 29.3. The summed E-state index contributed by atoms with van der Waals surface area (Å²) in [5.41, 5.74) is 12.6. The van der Waals surface area contributed by atoms with Gasteiger partial charge in [-0.1, -0.05) is 44.2 Å². The number of likely N-dealkylation sites (tertiary alicyclic amines) is 1. The third-order valence-electron chi connectivity index (χ3n) is 6.36. The second-order valence-electron chi connectivity index (χ2n) is 9.86. The molecule has 1 saturated heterocycles. The van der Waals surface area contributed by atoms with Crippen molar-refractivity contribution in [2.45, 2.75) is 83.0 Å². The van der Waals surface area contributed by atoms with Crippen molar-refractivity contribution >= 4 is 23.7 Å². The second kappa shape index (κ2) is 14.5. The van der Waals surface area contributed by atoms with Gasteiger partial charge < -0.3 is 32.1 Å². The average Bonchev–Trinajstić information content (AvgIpc) is 3.33. The Balaban J connectivity index is 2.12. The first-order chi connectivity index (χ1) is 17.1. The van der Waals surface area contributed by atoms with E-state index < -0.39 is 47.9 Å². The van der Waals surface area contributed by atoms with Crippen LogP contribution in [0.3, 0.4) is 0 Å². The summed E-state index contributed by atoms with van der Waals surface area (Å²) >= 11 is 0. The van der Waals surface area contributed by atoms with Crippen LogP contribution in [0.25, 0.3) is 0 Å². The molecule has 1 heterocycles.